The Kier molecular flexibility index (Phi) is 10.8. The van der Waals surface area contributed by atoms with Gasteiger partial charge in [0.15, 0.2) is 0 Å². The molecule has 9 nitrogen and oxygen atoms in total. The van der Waals surface area contributed by atoms with E-state index in [0.29, 0.717) is 25.1 Å². The molecule has 1 aromatic heterocycles. The van der Waals surface area contributed by atoms with Crippen molar-refractivity contribution in [3.8, 4) is 0 Å². The summed E-state index contributed by atoms with van der Waals surface area (Å²) in [6.45, 7) is 3.13. The zero-order valence-corrected chi connectivity index (χ0v) is 18.1. The van der Waals surface area contributed by atoms with Gasteiger partial charge in [0.25, 0.3) is 12.4 Å². The standard InChI is InChI=1S/C21H32N4O3.CH2O2/c1-2-10-28-19-9-8-16(20(26)22-12-15-6-4-3-5-7-15)11-18(19)25-21(27)17-13-23-24-14-17;2-1-3/h6,13-14,16,18-19H,2-5,7-12H2,1H3,(H,22,26)(H,23,24)(H,25,27);1H,(H,2,3)/t16-,18+,19+;/m0./s1. The number of aromatic nitrogens is 2. The van der Waals surface area contributed by atoms with Crippen molar-refractivity contribution in [1.29, 1.82) is 0 Å². The van der Waals surface area contributed by atoms with Crippen LogP contribution in [0.25, 0.3) is 0 Å². The van der Waals surface area contributed by atoms with Gasteiger partial charge in [-0.15, -0.1) is 0 Å². The molecule has 9 heteroatoms. The predicted molar refractivity (Wildman–Crippen MR) is 115 cm³/mol. The molecule has 172 valence electrons. The number of carbonyl (C=O) groups excluding carboxylic acids is 2. The molecule has 3 atom stereocenters. The molecular formula is C22H34N4O5. The molecule has 4 N–H and O–H groups in total. The van der Waals surface area contributed by atoms with E-state index < -0.39 is 0 Å². The highest BCUT2D eigenvalue weighted by Crippen LogP contribution is 2.28. The van der Waals surface area contributed by atoms with Crippen LogP contribution in [0.2, 0.25) is 0 Å². The molecule has 0 spiro atoms. The van der Waals surface area contributed by atoms with Gasteiger partial charge in [0.05, 0.1) is 23.9 Å². The average molecular weight is 435 g/mol. The van der Waals surface area contributed by atoms with E-state index in [9.17, 15) is 9.59 Å². The number of hydrogen-bond donors (Lipinski definition) is 4. The van der Waals surface area contributed by atoms with Crippen LogP contribution in [0.15, 0.2) is 24.0 Å². The second-order valence-corrected chi connectivity index (χ2v) is 7.92. The number of carboxylic acid groups (broad SMARTS) is 1. The lowest BCUT2D eigenvalue weighted by atomic mass is 9.82. The summed E-state index contributed by atoms with van der Waals surface area (Å²) >= 11 is 0. The summed E-state index contributed by atoms with van der Waals surface area (Å²) in [4.78, 5) is 33.5. The predicted octanol–water partition coefficient (Wildman–Crippen LogP) is 2.42. The molecule has 0 unspecified atom stereocenters. The molecule has 0 saturated heterocycles. The highest BCUT2D eigenvalue weighted by molar-refractivity contribution is 5.94. The molecule has 1 saturated carbocycles. The van der Waals surface area contributed by atoms with Gasteiger partial charge in [-0.3, -0.25) is 19.5 Å². The van der Waals surface area contributed by atoms with Crippen LogP contribution in [0.4, 0.5) is 0 Å². The van der Waals surface area contributed by atoms with Crippen LogP contribution >= 0.6 is 0 Å². The second kappa shape index (κ2) is 13.6. The van der Waals surface area contributed by atoms with Crippen LogP contribution in [0.5, 0.6) is 0 Å². The second-order valence-electron chi connectivity index (χ2n) is 7.92. The Balaban J connectivity index is 0.00000107. The molecule has 0 aromatic carbocycles. The zero-order chi connectivity index (χ0) is 22.5. The summed E-state index contributed by atoms with van der Waals surface area (Å²) in [6, 6.07) is -0.174. The summed E-state index contributed by atoms with van der Waals surface area (Å²) in [7, 11) is 0. The van der Waals surface area contributed by atoms with Gasteiger partial charge in [0.2, 0.25) is 5.91 Å². The number of ether oxygens (including phenoxy) is 1. The fourth-order valence-corrected chi connectivity index (χ4v) is 4.04. The fourth-order valence-electron chi connectivity index (χ4n) is 4.04. The Labute approximate surface area is 183 Å². The lowest BCUT2D eigenvalue weighted by Crippen LogP contribution is -2.50. The monoisotopic (exact) mass is 434 g/mol. The third-order valence-corrected chi connectivity index (χ3v) is 5.65. The van der Waals surface area contributed by atoms with E-state index in [1.807, 2.05) is 0 Å². The Morgan fingerprint density at radius 2 is 2.16 bits per heavy atom. The maximum absolute atomic E-state index is 12.7. The Morgan fingerprint density at radius 1 is 1.35 bits per heavy atom. The van der Waals surface area contributed by atoms with E-state index in [2.05, 4.69) is 33.8 Å². The first-order valence-corrected chi connectivity index (χ1v) is 11.0. The Morgan fingerprint density at radius 3 is 2.81 bits per heavy atom. The Bertz CT molecular complexity index is 719. The van der Waals surface area contributed by atoms with Crippen molar-refractivity contribution in [3.63, 3.8) is 0 Å². The van der Waals surface area contributed by atoms with Gasteiger partial charge >= 0.3 is 0 Å². The quantitative estimate of drug-likeness (QED) is 0.367. The molecule has 1 fully saturated rings. The number of carbonyl (C=O) groups is 3. The molecule has 3 rings (SSSR count). The number of nitrogens with one attached hydrogen (secondary N) is 3. The van der Waals surface area contributed by atoms with Crippen molar-refractivity contribution in [2.45, 2.75) is 70.4 Å². The zero-order valence-electron chi connectivity index (χ0n) is 18.1. The van der Waals surface area contributed by atoms with Gasteiger partial charge in [0.1, 0.15) is 0 Å². The highest BCUT2D eigenvalue weighted by Gasteiger charge is 2.35. The molecule has 0 radical (unpaired) electrons. The third-order valence-electron chi connectivity index (χ3n) is 5.65. The van der Waals surface area contributed by atoms with Gasteiger partial charge in [-0.05, 0) is 51.4 Å². The van der Waals surface area contributed by atoms with Crippen LogP contribution in [-0.2, 0) is 14.3 Å². The Hall–Kier alpha value is -2.68. The molecule has 1 heterocycles. The van der Waals surface area contributed by atoms with Crippen LogP contribution < -0.4 is 10.6 Å². The lowest BCUT2D eigenvalue weighted by molar-refractivity contribution is -0.127. The number of allylic oxidation sites excluding steroid dienone is 1. The number of rotatable bonds is 8. The average Bonchev–Trinajstić information content (AvgIpc) is 3.33. The van der Waals surface area contributed by atoms with Gasteiger partial charge in [-0.1, -0.05) is 18.6 Å². The van der Waals surface area contributed by atoms with Crippen molar-refractivity contribution in [2.75, 3.05) is 13.2 Å². The smallest absolute Gasteiger partial charge is 0.290 e. The first-order chi connectivity index (χ1) is 15.1. The van der Waals surface area contributed by atoms with Gasteiger partial charge in [-0.2, -0.15) is 5.10 Å². The van der Waals surface area contributed by atoms with Crippen molar-refractivity contribution in [2.24, 2.45) is 5.92 Å². The third kappa shape index (κ3) is 8.16. The van der Waals surface area contributed by atoms with E-state index in [0.717, 1.165) is 32.1 Å². The number of amides is 2. The van der Waals surface area contributed by atoms with E-state index in [1.54, 1.807) is 6.20 Å². The van der Waals surface area contributed by atoms with E-state index in [-0.39, 0.29) is 36.4 Å². The minimum atomic E-state index is -0.250. The van der Waals surface area contributed by atoms with Gasteiger partial charge in [-0.25, -0.2) is 0 Å². The number of nitrogens with zero attached hydrogens (tertiary/aromatic N) is 1. The number of hydrogen-bond acceptors (Lipinski definition) is 5. The van der Waals surface area contributed by atoms with Crippen LogP contribution in [-0.4, -0.2) is 58.9 Å². The summed E-state index contributed by atoms with van der Waals surface area (Å²) in [5, 5.41) is 19.5. The van der Waals surface area contributed by atoms with Crippen LogP contribution in [0.3, 0.4) is 0 Å². The minimum Gasteiger partial charge on any atom is -0.483 e. The lowest BCUT2D eigenvalue weighted by Gasteiger charge is -2.36. The maximum Gasteiger partial charge on any atom is 0.290 e. The van der Waals surface area contributed by atoms with Crippen molar-refractivity contribution in [3.05, 3.63) is 29.6 Å². The van der Waals surface area contributed by atoms with Crippen LogP contribution in [0, 0.1) is 5.92 Å². The fraction of sp³-hybridized carbons (Fsp3) is 0.636. The molecule has 2 amide bonds. The molecule has 2 aliphatic carbocycles. The first-order valence-electron chi connectivity index (χ1n) is 11.0. The van der Waals surface area contributed by atoms with E-state index in [1.165, 1.54) is 24.6 Å². The molecule has 31 heavy (non-hydrogen) atoms. The molecular weight excluding hydrogens is 400 g/mol. The van der Waals surface area contributed by atoms with Crippen molar-refractivity contribution < 1.29 is 24.2 Å². The maximum atomic E-state index is 12.7. The molecule has 1 aromatic rings. The highest BCUT2D eigenvalue weighted by atomic mass is 16.5. The molecule has 0 aliphatic heterocycles. The van der Waals surface area contributed by atoms with Crippen molar-refractivity contribution >= 4 is 18.3 Å². The van der Waals surface area contributed by atoms with Gasteiger partial charge < -0.3 is 20.5 Å². The SMILES string of the molecule is CCCO[C@@H]1CC[C@H](C(=O)NCC2=CCCCC2)C[C@H]1NC(=O)c1cn[nH]c1.O=CO. The summed E-state index contributed by atoms with van der Waals surface area (Å²) in [5.41, 5.74) is 1.83. The summed E-state index contributed by atoms with van der Waals surface area (Å²) in [5.74, 6) is -0.194. The normalized spacial score (nSPS) is 23.0. The van der Waals surface area contributed by atoms with E-state index >= 15 is 0 Å². The van der Waals surface area contributed by atoms with E-state index in [4.69, 9.17) is 14.6 Å². The topological polar surface area (TPSA) is 133 Å². The van der Waals surface area contributed by atoms with Crippen molar-refractivity contribution in [1.82, 2.24) is 20.8 Å². The number of aromatic amines is 1. The van der Waals surface area contributed by atoms with Gasteiger partial charge in [0, 0.05) is 25.3 Å². The molecule has 0 bridgehead atoms. The van der Waals surface area contributed by atoms with Crippen LogP contribution in [0.1, 0.15) is 68.6 Å². The largest absolute Gasteiger partial charge is 0.483 e. The molecule has 2 aliphatic rings. The first kappa shape index (κ1) is 24.6. The summed E-state index contributed by atoms with van der Waals surface area (Å²) < 4.78 is 5.97. The number of H-pyrrole nitrogens is 1. The minimum absolute atomic E-state index is 0.0547. The summed E-state index contributed by atoms with van der Waals surface area (Å²) in [6.07, 6.45) is 13.0.